The van der Waals surface area contributed by atoms with Gasteiger partial charge in [0.25, 0.3) is 0 Å². The first-order valence-electron chi connectivity index (χ1n) is 8.49. The minimum Gasteiger partial charge on any atom is -0.342 e. The van der Waals surface area contributed by atoms with Crippen LogP contribution < -0.4 is 5.32 Å². The molecule has 2 atom stereocenters. The van der Waals surface area contributed by atoms with Crippen LogP contribution in [0.3, 0.4) is 0 Å². The summed E-state index contributed by atoms with van der Waals surface area (Å²) in [5.74, 6) is 1.68. The van der Waals surface area contributed by atoms with E-state index < -0.39 is 0 Å². The number of aromatic nitrogens is 3. The average molecular weight is 343 g/mol. The van der Waals surface area contributed by atoms with Gasteiger partial charge >= 0.3 is 0 Å². The first-order valence-corrected chi connectivity index (χ1v) is 9.37. The Morgan fingerprint density at radius 2 is 2.04 bits per heavy atom. The van der Waals surface area contributed by atoms with Crippen LogP contribution in [0.1, 0.15) is 18.5 Å². The highest BCUT2D eigenvalue weighted by Crippen LogP contribution is 2.27. The number of nitrogens with zero attached hydrogens (tertiary/aromatic N) is 4. The summed E-state index contributed by atoms with van der Waals surface area (Å²) >= 11 is 1.52. The molecule has 6 nitrogen and oxygen atoms in total. The molecule has 24 heavy (non-hydrogen) atoms. The molecule has 7 heteroatoms. The number of carbonyl (C=O) groups is 1. The van der Waals surface area contributed by atoms with Crippen molar-refractivity contribution in [2.75, 3.05) is 26.2 Å². The van der Waals surface area contributed by atoms with Crippen LogP contribution in [0.5, 0.6) is 0 Å². The number of hydrogen-bond acceptors (Lipinski definition) is 6. The van der Waals surface area contributed by atoms with Crippen LogP contribution in [-0.2, 0) is 11.2 Å². The number of nitrogens with one attached hydrogen (secondary N) is 1. The average Bonchev–Trinajstić information content (AvgIpc) is 3.21. The van der Waals surface area contributed by atoms with Crippen LogP contribution in [0.15, 0.2) is 24.0 Å². The van der Waals surface area contributed by atoms with Crippen molar-refractivity contribution in [2.45, 2.75) is 19.3 Å². The van der Waals surface area contributed by atoms with E-state index in [1.54, 1.807) is 18.6 Å². The third-order valence-electron chi connectivity index (χ3n) is 5.04. The molecule has 0 unspecified atom stereocenters. The highest BCUT2D eigenvalue weighted by Gasteiger charge is 2.31. The zero-order valence-electron chi connectivity index (χ0n) is 13.5. The lowest BCUT2D eigenvalue weighted by Gasteiger charge is -2.20. The Kier molecular flexibility index (Phi) is 4.53. The molecule has 1 amide bonds. The molecule has 126 valence electrons. The molecule has 4 rings (SSSR count). The molecular weight excluding hydrogens is 322 g/mol. The van der Waals surface area contributed by atoms with Gasteiger partial charge in [0.2, 0.25) is 5.91 Å². The van der Waals surface area contributed by atoms with E-state index in [0.29, 0.717) is 6.42 Å². The van der Waals surface area contributed by atoms with Gasteiger partial charge in [-0.2, -0.15) is 0 Å². The van der Waals surface area contributed by atoms with Crippen molar-refractivity contribution in [1.82, 2.24) is 25.2 Å². The Morgan fingerprint density at radius 3 is 2.75 bits per heavy atom. The van der Waals surface area contributed by atoms with Gasteiger partial charge in [-0.05, 0) is 37.8 Å². The van der Waals surface area contributed by atoms with Crippen molar-refractivity contribution in [3.8, 4) is 10.7 Å². The molecule has 0 aromatic carbocycles. The second kappa shape index (κ2) is 6.94. The van der Waals surface area contributed by atoms with Gasteiger partial charge in [-0.15, -0.1) is 11.3 Å². The van der Waals surface area contributed by atoms with Crippen molar-refractivity contribution in [2.24, 2.45) is 11.8 Å². The molecule has 0 spiro atoms. The SMILES string of the molecule is O=C(Cc1csc(-c2cnccn2)n1)N1CC[C@@H]2CNC[C@@H]2CC1. The fourth-order valence-corrected chi connectivity index (χ4v) is 4.43. The zero-order valence-corrected chi connectivity index (χ0v) is 14.3. The van der Waals surface area contributed by atoms with Crippen LogP contribution in [0.25, 0.3) is 10.7 Å². The quantitative estimate of drug-likeness (QED) is 0.917. The number of carbonyl (C=O) groups excluding carboxylic acids is 1. The molecule has 1 N–H and O–H groups in total. The maximum absolute atomic E-state index is 12.6. The number of amides is 1. The number of likely N-dealkylation sites (tertiary alicyclic amines) is 1. The van der Waals surface area contributed by atoms with Crippen molar-refractivity contribution >= 4 is 17.2 Å². The Morgan fingerprint density at radius 1 is 1.25 bits per heavy atom. The fraction of sp³-hybridized carbons (Fsp3) is 0.529. The summed E-state index contributed by atoms with van der Waals surface area (Å²) in [5.41, 5.74) is 1.59. The van der Waals surface area contributed by atoms with Crippen LogP contribution in [0, 0.1) is 11.8 Å². The Bertz CT molecular complexity index is 690. The summed E-state index contributed by atoms with van der Waals surface area (Å²) < 4.78 is 0. The van der Waals surface area contributed by atoms with Crippen LogP contribution in [0.4, 0.5) is 0 Å². The van der Waals surface area contributed by atoms with Crippen molar-refractivity contribution in [1.29, 1.82) is 0 Å². The largest absolute Gasteiger partial charge is 0.342 e. The lowest BCUT2D eigenvalue weighted by Crippen LogP contribution is -2.34. The molecule has 0 radical (unpaired) electrons. The van der Waals surface area contributed by atoms with E-state index in [4.69, 9.17) is 0 Å². The zero-order chi connectivity index (χ0) is 16.4. The fourth-order valence-electron chi connectivity index (χ4n) is 3.65. The molecule has 2 fully saturated rings. The van der Waals surface area contributed by atoms with E-state index in [9.17, 15) is 4.79 Å². The molecule has 0 saturated carbocycles. The topological polar surface area (TPSA) is 71.0 Å². The summed E-state index contributed by atoms with van der Waals surface area (Å²) in [6, 6.07) is 0. The first kappa shape index (κ1) is 15.7. The van der Waals surface area contributed by atoms with Gasteiger partial charge in [0.15, 0.2) is 0 Å². The van der Waals surface area contributed by atoms with Crippen molar-refractivity contribution in [3.63, 3.8) is 0 Å². The summed E-state index contributed by atoms with van der Waals surface area (Å²) in [6.45, 7) is 3.98. The maximum atomic E-state index is 12.6. The monoisotopic (exact) mass is 343 g/mol. The summed E-state index contributed by atoms with van der Waals surface area (Å²) in [5, 5.41) is 6.25. The Balaban J connectivity index is 1.38. The lowest BCUT2D eigenvalue weighted by molar-refractivity contribution is -0.130. The number of hydrogen-bond donors (Lipinski definition) is 1. The molecule has 4 heterocycles. The van der Waals surface area contributed by atoms with E-state index in [0.717, 1.165) is 67.3 Å². The molecule has 0 aliphatic carbocycles. The van der Waals surface area contributed by atoms with Gasteiger partial charge in [0.05, 0.1) is 18.3 Å². The summed E-state index contributed by atoms with van der Waals surface area (Å²) in [4.78, 5) is 27.5. The first-order chi connectivity index (χ1) is 11.8. The smallest absolute Gasteiger partial charge is 0.228 e. The van der Waals surface area contributed by atoms with E-state index in [2.05, 4.69) is 20.3 Å². The minimum atomic E-state index is 0.193. The third-order valence-corrected chi connectivity index (χ3v) is 5.95. The standard InChI is InChI=1S/C17H21N5OS/c23-16(22-5-1-12-8-19-9-13(12)2-6-22)7-14-11-24-17(21-14)15-10-18-3-4-20-15/h3-4,10-13,19H,1-2,5-9H2/t12-,13+. The van der Waals surface area contributed by atoms with Crippen LogP contribution in [0.2, 0.25) is 0 Å². The molecular formula is C17H21N5OS. The van der Waals surface area contributed by atoms with E-state index in [1.165, 1.54) is 11.3 Å². The normalized spacial score (nSPS) is 23.8. The van der Waals surface area contributed by atoms with Crippen LogP contribution >= 0.6 is 11.3 Å². The summed E-state index contributed by atoms with van der Waals surface area (Å²) in [7, 11) is 0. The van der Waals surface area contributed by atoms with E-state index in [-0.39, 0.29) is 5.91 Å². The number of thiazole rings is 1. The lowest BCUT2D eigenvalue weighted by atomic mass is 9.92. The second-order valence-corrected chi connectivity index (χ2v) is 7.41. The maximum Gasteiger partial charge on any atom is 0.228 e. The second-order valence-electron chi connectivity index (χ2n) is 6.55. The molecule has 2 aromatic rings. The van der Waals surface area contributed by atoms with E-state index >= 15 is 0 Å². The molecule has 2 aliphatic rings. The number of fused-ring (bicyclic) bond motifs is 1. The van der Waals surface area contributed by atoms with Crippen molar-refractivity contribution in [3.05, 3.63) is 29.7 Å². The summed E-state index contributed by atoms with van der Waals surface area (Å²) in [6.07, 6.45) is 7.61. The predicted octanol–water partition coefficient (Wildman–Crippen LogP) is 1.60. The van der Waals surface area contributed by atoms with E-state index in [1.807, 2.05) is 10.3 Å². The Hall–Kier alpha value is -1.86. The highest BCUT2D eigenvalue weighted by atomic mass is 32.1. The number of rotatable bonds is 3. The van der Waals surface area contributed by atoms with Gasteiger partial charge < -0.3 is 10.2 Å². The van der Waals surface area contributed by atoms with Crippen molar-refractivity contribution < 1.29 is 4.79 Å². The Labute approximate surface area is 145 Å². The molecule has 2 aromatic heterocycles. The third kappa shape index (κ3) is 3.32. The van der Waals surface area contributed by atoms with Gasteiger partial charge in [0, 0.05) is 30.9 Å². The molecule has 2 saturated heterocycles. The highest BCUT2D eigenvalue weighted by molar-refractivity contribution is 7.13. The van der Waals surface area contributed by atoms with Gasteiger partial charge in [-0.1, -0.05) is 0 Å². The minimum absolute atomic E-state index is 0.193. The molecule has 0 bridgehead atoms. The van der Waals surface area contributed by atoms with Crippen LogP contribution in [-0.4, -0.2) is 51.9 Å². The van der Waals surface area contributed by atoms with Gasteiger partial charge in [-0.3, -0.25) is 14.8 Å². The van der Waals surface area contributed by atoms with Gasteiger partial charge in [-0.25, -0.2) is 4.98 Å². The predicted molar refractivity (Wildman–Crippen MR) is 92.5 cm³/mol. The van der Waals surface area contributed by atoms with Gasteiger partial charge in [0.1, 0.15) is 10.7 Å². The molecule has 2 aliphatic heterocycles.